The van der Waals surface area contributed by atoms with Crippen molar-refractivity contribution < 1.29 is 19.1 Å². The number of likely N-dealkylation sites (tertiary alicyclic amines) is 1. The van der Waals surface area contributed by atoms with Gasteiger partial charge in [-0.15, -0.1) is 0 Å². The summed E-state index contributed by atoms with van der Waals surface area (Å²) in [5, 5.41) is 0. The van der Waals surface area contributed by atoms with Crippen LogP contribution in [0.4, 0.5) is 0 Å². The molecule has 138 valence electrons. The molecule has 0 unspecified atom stereocenters. The van der Waals surface area contributed by atoms with Gasteiger partial charge in [0.2, 0.25) is 5.91 Å². The molecule has 4 rings (SSSR count). The van der Waals surface area contributed by atoms with E-state index in [2.05, 4.69) is 15.9 Å². The van der Waals surface area contributed by atoms with Crippen LogP contribution in [0.5, 0.6) is 0 Å². The highest BCUT2D eigenvalue weighted by Crippen LogP contribution is 2.53. The van der Waals surface area contributed by atoms with E-state index in [0.29, 0.717) is 13.2 Å². The molecule has 0 aromatic heterocycles. The van der Waals surface area contributed by atoms with E-state index in [1.807, 2.05) is 55.2 Å². The number of hydrogen-bond acceptors (Lipinski definition) is 4. The SMILES string of the molecule is CCCOC(=O)[C@@H]1[C@H]2C(=O)N([C@H](C)c3ccc(Br)cc3)C[C@]23C=C[C@H]1O3. The minimum atomic E-state index is -0.693. The highest BCUT2D eigenvalue weighted by molar-refractivity contribution is 9.10. The summed E-state index contributed by atoms with van der Waals surface area (Å²) in [6.45, 7) is 4.81. The number of benzene rings is 1. The second kappa shape index (κ2) is 6.50. The third kappa shape index (κ3) is 2.62. The van der Waals surface area contributed by atoms with Crippen LogP contribution in [0.3, 0.4) is 0 Å². The summed E-state index contributed by atoms with van der Waals surface area (Å²) < 4.78 is 12.5. The number of nitrogens with zero attached hydrogens (tertiary/aromatic N) is 1. The first-order valence-electron chi connectivity index (χ1n) is 9.06. The molecule has 2 saturated heterocycles. The number of hydrogen-bond donors (Lipinski definition) is 0. The molecule has 3 aliphatic heterocycles. The van der Waals surface area contributed by atoms with Gasteiger partial charge in [-0.05, 0) is 31.0 Å². The lowest BCUT2D eigenvalue weighted by Gasteiger charge is -2.27. The number of carbonyl (C=O) groups excluding carboxylic acids is 2. The second-order valence-electron chi connectivity index (χ2n) is 7.26. The zero-order valence-electron chi connectivity index (χ0n) is 14.9. The highest BCUT2D eigenvalue weighted by atomic mass is 79.9. The van der Waals surface area contributed by atoms with Crippen LogP contribution in [0.1, 0.15) is 31.9 Å². The van der Waals surface area contributed by atoms with E-state index < -0.39 is 17.4 Å². The Morgan fingerprint density at radius 2 is 2.15 bits per heavy atom. The van der Waals surface area contributed by atoms with Crippen LogP contribution in [0.15, 0.2) is 40.9 Å². The molecule has 1 aromatic rings. The first-order chi connectivity index (χ1) is 12.5. The summed E-state index contributed by atoms with van der Waals surface area (Å²) in [4.78, 5) is 27.6. The molecule has 1 aromatic carbocycles. The molecule has 0 aliphatic carbocycles. The number of esters is 1. The molecule has 0 radical (unpaired) electrons. The first-order valence-corrected chi connectivity index (χ1v) is 9.86. The number of ether oxygens (including phenoxy) is 2. The fourth-order valence-corrected chi connectivity index (χ4v) is 4.61. The Morgan fingerprint density at radius 3 is 2.85 bits per heavy atom. The van der Waals surface area contributed by atoms with Crippen molar-refractivity contribution >= 4 is 27.8 Å². The zero-order chi connectivity index (χ0) is 18.5. The van der Waals surface area contributed by atoms with Crippen LogP contribution in [-0.4, -0.2) is 41.6 Å². The number of halogens is 1. The van der Waals surface area contributed by atoms with Crippen molar-refractivity contribution in [2.24, 2.45) is 11.8 Å². The van der Waals surface area contributed by atoms with Crippen molar-refractivity contribution in [2.75, 3.05) is 13.2 Å². The lowest BCUT2D eigenvalue weighted by molar-refractivity contribution is -0.154. The van der Waals surface area contributed by atoms with Gasteiger partial charge < -0.3 is 14.4 Å². The van der Waals surface area contributed by atoms with Crippen molar-refractivity contribution in [1.82, 2.24) is 4.90 Å². The van der Waals surface area contributed by atoms with Gasteiger partial charge in [-0.1, -0.05) is 47.1 Å². The summed E-state index contributed by atoms with van der Waals surface area (Å²) >= 11 is 3.44. The van der Waals surface area contributed by atoms with E-state index in [0.717, 1.165) is 16.5 Å². The zero-order valence-corrected chi connectivity index (χ0v) is 16.4. The standard InChI is InChI=1S/C20H22BrNO4/c1-3-10-25-19(24)16-15-8-9-20(26-15)11-22(18(23)17(16)20)12(2)13-4-6-14(21)7-5-13/h4-9,12,15-17H,3,10-11H2,1-2H3/t12-,15-,16+,17+,20-/m1/s1. The molecule has 5 nitrogen and oxygen atoms in total. The van der Waals surface area contributed by atoms with Gasteiger partial charge in [0.15, 0.2) is 0 Å². The molecule has 3 heterocycles. The molecule has 26 heavy (non-hydrogen) atoms. The van der Waals surface area contributed by atoms with Crippen molar-refractivity contribution in [3.8, 4) is 0 Å². The second-order valence-corrected chi connectivity index (χ2v) is 8.18. The normalized spacial score (nSPS) is 32.8. The largest absolute Gasteiger partial charge is 0.465 e. The van der Waals surface area contributed by atoms with Gasteiger partial charge in [-0.3, -0.25) is 9.59 Å². The van der Waals surface area contributed by atoms with Crippen LogP contribution in [0, 0.1) is 11.8 Å². The average Bonchev–Trinajstić information content (AvgIpc) is 3.28. The molecule has 0 N–H and O–H groups in total. The van der Waals surface area contributed by atoms with Crippen molar-refractivity contribution in [2.45, 2.75) is 38.0 Å². The Kier molecular flexibility index (Phi) is 4.43. The Morgan fingerprint density at radius 1 is 1.42 bits per heavy atom. The van der Waals surface area contributed by atoms with Crippen LogP contribution in [-0.2, 0) is 19.1 Å². The minimum absolute atomic E-state index is 0.0225. The van der Waals surface area contributed by atoms with Gasteiger partial charge in [0, 0.05) is 4.47 Å². The quantitative estimate of drug-likeness (QED) is 0.542. The topological polar surface area (TPSA) is 55.8 Å². The fraction of sp³-hybridized carbons (Fsp3) is 0.500. The van der Waals surface area contributed by atoms with Gasteiger partial charge in [0.1, 0.15) is 11.5 Å². The minimum Gasteiger partial charge on any atom is -0.465 e. The molecule has 1 amide bonds. The van der Waals surface area contributed by atoms with E-state index in [1.54, 1.807) is 0 Å². The maximum absolute atomic E-state index is 13.2. The van der Waals surface area contributed by atoms with E-state index >= 15 is 0 Å². The lowest BCUT2D eigenvalue weighted by atomic mass is 9.77. The average molecular weight is 420 g/mol. The van der Waals surface area contributed by atoms with Crippen LogP contribution < -0.4 is 0 Å². The van der Waals surface area contributed by atoms with E-state index in [9.17, 15) is 9.59 Å². The molecule has 6 heteroatoms. The summed E-state index contributed by atoms with van der Waals surface area (Å²) in [6.07, 6.45) is 4.29. The van der Waals surface area contributed by atoms with Gasteiger partial charge in [0.25, 0.3) is 0 Å². The number of rotatable bonds is 5. The Balaban J connectivity index is 1.59. The van der Waals surface area contributed by atoms with E-state index in [-0.39, 0.29) is 24.0 Å². The fourth-order valence-electron chi connectivity index (χ4n) is 4.35. The van der Waals surface area contributed by atoms with Crippen LogP contribution in [0.25, 0.3) is 0 Å². The predicted octanol–water partition coefficient (Wildman–Crippen LogP) is 3.25. The summed E-state index contributed by atoms with van der Waals surface area (Å²) in [5.41, 5.74) is 0.364. The molecule has 5 atom stereocenters. The highest BCUT2D eigenvalue weighted by Gasteiger charge is 2.67. The summed E-state index contributed by atoms with van der Waals surface area (Å²) in [7, 11) is 0. The van der Waals surface area contributed by atoms with E-state index in [1.165, 1.54) is 0 Å². The van der Waals surface area contributed by atoms with Gasteiger partial charge >= 0.3 is 5.97 Å². The molecular formula is C20H22BrNO4. The molecule has 0 saturated carbocycles. The summed E-state index contributed by atoms with van der Waals surface area (Å²) in [6, 6.07) is 7.87. The molecular weight excluding hydrogens is 398 g/mol. The van der Waals surface area contributed by atoms with Crippen molar-refractivity contribution in [1.29, 1.82) is 0 Å². The summed E-state index contributed by atoms with van der Waals surface area (Å²) in [5.74, 6) is -1.37. The third-order valence-corrected chi connectivity index (χ3v) is 6.20. The Bertz CT molecular complexity index is 762. The van der Waals surface area contributed by atoms with Gasteiger partial charge in [-0.2, -0.15) is 0 Å². The first kappa shape index (κ1) is 17.7. The van der Waals surface area contributed by atoms with Crippen LogP contribution in [0.2, 0.25) is 0 Å². The maximum atomic E-state index is 13.2. The predicted molar refractivity (Wildman–Crippen MR) is 99.2 cm³/mol. The molecule has 2 fully saturated rings. The molecule has 3 aliphatic rings. The van der Waals surface area contributed by atoms with E-state index in [4.69, 9.17) is 9.47 Å². The van der Waals surface area contributed by atoms with Crippen LogP contribution >= 0.6 is 15.9 Å². The monoisotopic (exact) mass is 419 g/mol. The van der Waals surface area contributed by atoms with Gasteiger partial charge in [0.05, 0.1) is 31.2 Å². The lowest BCUT2D eigenvalue weighted by Crippen LogP contribution is -2.40. The van der Waals surface area contributed by atoms with Gasteiger partial charge in [-0.25, -0.2) is 0 Å². The third-order valence-electron chi connectivity index (χ3n) is 5.67. The molecule has 1 spiro atoms. The maximum Gasteiger partial charge on any atom is 0.312 e. The number of fused-ring (bicyclic) bond motifs is 1. The van der Waals surface area contributed by atoms with Crippen molar-refractivity contribution in [3.63, 3.8) is 0 Å². The molecule has 2 bridgehead atoms. The smallest absolute Gasteiger partial charge is 0.312 e. The van der Waals surface area contributed by atoms with Crippen molar-refractivity contribution in [3.05, 3.63) is 46.5 Å². The Labute approximate surface area is 161 Å². The number of amides is 1. The Hall–Kier alpha value is -1.66. The number of carbonyl (C=O) groups is 2.